The molecule has 0 saturated heterocycles. The van der Waals surface area contributed by atoms with Crippen LogP contribution in [0.15, 0.2) is 34.9 Å². The lowest BCUT2D eigenvalue weighted by Crippen LogP contribution is -2.21. The van der Waals surface area contributed by atoms with E-state index in [-0.39, 0.29) is 6.04 Å². The minimum atomic E-state index is 0.0294. The molecule has 3 rings (SSSR count). The largest absolute Gasteiger partial charge is 0.459 e. The summed E-state index contributed by atoms with van der Waals surface area (Å²) in [6, 6.07) is 8.34. The average molecular weight is 287 g/mol. The van der Waals surface area contributed by atoms with Crippen molar-refractivity contribution < 1.29 is 4.42 Å². The Morgan fingerprint density at radius 3 is 3.00 bits per heavy atom. The molecule has 0 spiro atoms. The van der Waals surface area contributed by atoms with Gasteiger partial charge in [-0.15, -0.1) is 5.10 Å². The third-order valence-electron chi connectivity index (χ3n) is 3.31. The van der Waals surface area contributed by atoms with Gasteiger partial charge in [0.05, 0.1) is 11.1 Å². The molecule has 0 amide bonds. The maximum Gasteiger partial charge on any atom is 0.137 e. The first kappa shape index (κ1) is 13.3. The molecule has 1 N–H and O–H groups in total. The summed E-state index contributed by atoms with van der Waals surface area (Å²) in [5, 5.41) is 8.58. The summed E-state index contributed by atoms with van der Waals surface area (Å²) in [4.78, 5) is 1.08. The Kier molecular flexibility index (Phi) is 3.80. The quantitative estimate of drug-likeness (QED) is 0.777. The summed E-state index contributed by atoms with van der Waals surface area (Å²) in [7, 11) is 0. The van der Waals surface area contributed by atoms with Crippen molar-refractivity contribution in [2.24, 2.45) is 0 Å². The first-order valence-electron chi connectivity index (χ1n) is 6.79. The molecule has 1 atom stereocenters. The van der Waals surface area contributed by atoms with E-state index in [1.807, 2.05) is 0 Å². The van der Waals surface area contributed by atoms with Gasteiger partial charge in [0.25, 0.3) is 0 Å². The molecule has 2 aromatic heterocycles. The van der Waals surface area contributed by atoms with Crippen LogP contribution in [0.3, 0.4) is 0 Å². The molecule has 0 fully saturated rings. The highest BCUT2D eigenvalue weighted by atomic mass is 32.1. The number of fused-ring (bicyclic) bond motifs is 1. The monoisotopic (exact) mass is 287 g/mol. The van der Waals surface area contributed by atoms with Gasteiger partial charge in [-0.2, -0.15) is 0 Å². The minimum Gasteiger partial charge on any atom is -0.459 e. The van der Waals surface area contributed by atoms with E-state index >= 15 is 0 Å². The highest BCUT2D eigenvalue weighted by Crippen LogP contribution is 2.30. The van der Waals surface area contributed by atoms with E-state index in [9.17, 15) is 0 Å². The van der Waals surface area contributed by atoms with Crippen LogP contribution >= 0.6 is 11.5 Å². The number of aryl methyl sites for hydroxylation is 1. The molecular formula is C15H17N3OS. The number of nitrogens with one attached hydrogen (secondary N) is 1. The van der Waals surface area contributed by atoms with Crippen molar-refractivity contribution in [2.75, 3.05) is 6.54 Å². The highest BCUT2D eigenvalue weighted by Gasteiger charge is 2.20. The number of furan rings is 1. The van der Waals surface area contributed by atoms with Crippen molar-refractivity contribution in [3.63, 3.8) is 0 Å². The number of hydrogen-bond acceptors (Lipinski definition) is 5. The van der Waals surface area contributed by atoms with Crippen LogP contribution in [0.5, 0.6) is 0 Å². The zero-order valence-corrected chi connectivity index (χ0v) is 12.4. The zero-order chi connectivity index (χ0) is 13.9. The summed E-state index contributed by atoms with van der Waals surface area (Å²) in [6.45, 7) is 5.15. The molecule has 104 valence electrons. The zero-order valence-electron chi connectivity index (χ0n) is 11.6. The fraction of sp³-hybridized carbons (Fsp3) is 0.333. The topological polar surface area (TPSA) is 51.0 Å². The standard InChI is InChI=1S/C15H17N3OS/c1-3-7-16-14(13-9-17-18-20-13)12-8-11-6-4-5-10(2)15(11)19-12/h4-6,8-9,14,16H,3,7H2,1-2H3. The van der Waals surface area contributed by atoms with Gasteiger partial charge in [-0.1, -0.05) is 29.6 Å². The van der Waals surface area contributed by atoms with Crippen LogP contribution < -0.4 is 5.32 Å². The first-order chi connectivity index (χ1) is 9.79. The predicted molar refractivity (Wildman–Crippen MR) is 81.0 cm³/mol. The van der Waals surface area contributed by atoms with E-state index < -0.39 is 0 Å². The SMILES string of the molecule is CCCNC(c1cc2cccc(C)c2o1)c1cnns1. The number of benzene rings is 1. The smallest absolute Gasteiger partial charge is 0.137 e. The second-order valence-corrected chi connectivity index (χ2v) is 5.67. The number of rotatable bonds is 5. The van der Waals surface area contributed by atoms with Crippen LogP contribution in [-0.2, 0) is 0 Å². The van der Waals surface area contributed by atoms with Crippen molar-refractivity contribution in [1.29, 1.82) is 0 Å². The number of aromatic nitrogens is 2. The van der Waals surface area contributed by atoms with Gasteiger partial charge in [-0.3, -0.25) is 0 Å². The maximum absolute atomic E-state index is 6.07. The molecule has 20 heavy (non-hydrogen) atoms. The molecular weight excluding hydrogens is 270 g/mol. The molecule has 0 aliphatic carbocycles. The Balaban J connectivity index is 2.02. The lowest BCUT2D eigenvalue weighted by atomic mass is 10.1. The van der Waals surface area contributed by atoms with Crippen LogP contribution in [0, 0.1) is 6.92 Å². The van der Waals surface area contributed by atoms with Crippen molar-refractivity contribution >= 4 is 22.5 Å². The van der Waals surface area contributed by atoms with Crippen LogP contribution in [0.4, 0.5) is 0 Å². The van der Waals surface area contributed by atoms with Gasteiger partial charge in [-0.05, 0) is 43.1 Å². The fourth-order valence-corrected chi connectivity index (χ4v) is 2.89. The Hall–Kier alpha value is -1.72. The van der Waals surface area contributed by atoms with E-state index in [2.05, 4.69) is 53.0 Å². The van der Waals surface area contributed by atoms with Crippen LogP contribution in [-0.4, -0.2) is 16.1 Å². The Labute approximate surface area is 122 Å². The predicted octanol–water partition coefficient (Wildman–Crippen LogP) is 3.68. The summed E-state index contributed by atoms with van der Waals surface area (Å²) in [6.07, 6.45) is 2.88. The third-order valence-corrected chi connectivity index (χ3v) is 4.03. The van der Waals surface area contributed by atoms with Crippen molar-refractivity contribution in [1.82, 2.24) is 14.9 Å². The number of para-hydroxylation sites is 1. The molecule has 0 saturated carbocycles. The van der Waals surface area contributed by atoms with E-state index in [1.54, 1.807) is 6.20 Å². The Morgan fingerprint density at radius 1 is 1.40 bits per heavy atom. The molecule has 0 aliphatic heterocycles. The average Bonchev–Trinajstić information content (AvgIpc) is 3.09. The Bertz CT molecular complexity index is 690. The van der Waals surface area contributed by atoms with Crippen molar-refractivity contribution in [3.8, 4) is 0 Å². The third kappa shape index (κ3) is 2.46. The summed E-state index contributed by atoms with van der Waals surface area (Å²) in [5.41, 5.74) is 2.12. The molecule has 1 unspecified atom stereocenters. The fourth-order valence-electron chi connectivity index (χ4n) is 2.30. The molecule has 1 aromatic carbocycles. The van der Waals surface area contributed by atoms with Gasteiger partial charge in [0, 0.05) is 5.39 Å². The van der Waals surface area contributed by atoms with Gasteiger partial charge < -0.3 is 9.73 Å². The normalized spacial score (nSPS) is 12.9. The van der Waals surface area contributed by atoms with Gasteiger partial charge in [0.1, 0.15) is 17.4 Å². The van der Waals surface area contributed by atoms with Crippen molar-refractivity contribution in [2.45, 2.75) is 26.3 Å². The highest BCUT2D eigenvalue weighted by molar-refractivity contribution is 7.05. The summed E-state index contributed by atoms with van der Waals surface area (Å²) < 4.78 is 10.0. The number of hydrogen-bond donors (Lipinski definition) is 1. The maximum atomic E-state index is 6.07. The van der Waals surface area contributed by atoms with Gasteiger partial charge in [0.15, 0.2) is 0 Å². The molecule has 4 nitrogen and oxygen atoms in total. The van der Waals surface area contributed by atoms with Crippen LogP contribution in [0.25, 0.3) is 11.0 Å². The molecule has 2 heterocycles. The van der Waals surface area contributed by atoms with E-state index in [4.69, 9.17) is 4.42 Å². The molecule has 0 radical (unpaired) electrons. The van der Waals surface area contributed by atoms with Crippen LogP contribution in [0.2, 0.25) is 0 Å². The summed E-state index contributed by atoms with van der Waals surface area (Å²) in [5.74, 6) is 0.925. The molecule has 0 aliphatic rings. The molecule has 0 bridgehead atoms. The van der Waals surface area contributed by atoms with Crippen LogP contribution in [0.1, 0.15) is 35.6 Å². The van der Waals surface area contributed by atoms with E-state index in [0.29, 0.717) is 0 Å². The van der Waals surface area contributed by atoms with Gasteiger partial charge >= 0.3 is 0 Å². The van der Waals surface area contributed by atoms with Gasteiger partial charge in [0.2, 0.25) is 0 Å². The second kappa shape index (κ2) is 5.73. The summed E-state index contributed by atoms with van der Waals surface area (Å²) >= 11 is 1.41. The van der Waals surface area contributed by atoms with E-state index in [0.717, 1.165) is 40.1 Å². The lowest BCUT2D eigenvalue weighted by Gasteiger charge is -2.13. The lowest BCUT2D eigenvalue weighted by molar-refractivity contribution is 0.472. The van der Waals surface area contributed by atoms with Crippen molar-refractivity contribution in [3.05, 3.63) is 46.7 Å². The van der Waals surface area contributed by atoms with Gasteiger partial charge in [-0.25, -0.2) is 0 Å². The first-order valence-corrected chi connectivity index (χ1v) is 7.56. The molecule has 3 aromatic rings. The number of nitrogens with zero attached hydrogens (tertiary/aromatic N) is 2. The van der Waals surface area contributed by atoms with E-state index in [1.165, 1.54) is 11.5 Å². The minimum absolute atomic E-state index is 0.0294. The molecule has 5 heteroatoms. The Morgan fingerprint density at radius 2 is 2.30 bits per heavy atom. The second-order valence-electron chi connectivity index (χ2n) is 4.85.